The maximum atomic E-state index is 13.3. The van der Waals surface area contributed by atoms with Crippen LogP contribution in [0.25, 0.3) is 0 Å². The molecule has 2 N–H and O–H groups in total. The van der Waals surface area contributed by atoms with Gasteiger partial charge in [-0.2, -0.15) is 0 Å². The number of hydrogen-bond acceptors (Lipinski definition) is 7. The summed E-state index contributed by atoms with van der Waals surface area (Å²) >= 11 is 14.5. The molecule has 2 aliphatic rings. The van der Waals surface area contributed by atoms with Crippen LogP contribution in [0.4, 0.5) is 18.9 Å². The molecule has 14 heteroatoms. The Kier molecular flexibility index (Phi) is 10.8. The Balaban J connectivity index is 1.46. The number of amides is 1. The van der Waals surface area contributed by atoms with Crippen molar-refractivity contribution in [2.24, 2.45) is 5.92 Å². The third kappa shape index (κ3) is 8.45. The molecule has 0 aromatic heterocycles. The predicted octanol–water partition coefficient (Wildman–Crippen LogP) is 6.06. The monoisotopic (exact) mass is 653 g/mol. The third-order valence-electron chi connectivity index (χ3n) is 7.25. The van der Waals surface area contributed by atoms with Crippen LogP contribution in [0.1, 0.15) is 32.6 Å². The fourth-order valence-electron chi connectivity index (χ4n) is 4.66. The number of carbonyl (C=O) groups excluding carboxylic acids is 1. The molecule has 0 spiro atoms. The molecule has 2 atom stereocenters. The summed E-state index contributed by atoms with van der Waals surface area (Å²) in [6.07, 6.45) is 0.159. The first-order valence-electron chi connectivity index (χ1n) is 13.2. The van der Waals surface area contributed by atoms with Crippen LogP contribution < -0.4 is 10.0 Å². The van der Waals surface area contributed by atoms with Crippen molar-refractivity contribution in [2.45, 2.75) is 60.5 Å². The summed E-state index contributed by atoms with van der Waals surface area (Å²) in [6, 6.07) is 8.23. The molecular weight excluding hydrogens is 622 g/mol. The van der Waals surface area contributed by atoms with Crippen LogP contribution in [0.3, 0.4) is 0 Å². The van der Waals surface area contributed by atoms with Crippen molar-refractivity contribution in [3.05, 3.63) is 52.3 Å². The van der Waals surface area contributed by atoms with Gasteiger partial charge in [-0.05, 0) is 69.0 Å². The molecule has 2 aromatic carbocycles. The maximum absolute atomic E-state index is 13.3. The highest BCUT2D eigenvalue weighted by atomic mass is 35.5. The quantitative estimate of drug-likeness (QED) is 0.269. The topological polar surface area (TPSA) is 87.7 Å². The van der Waals surface area contributed by atoms with Crippen molar-refractivity contribution >= 4 is 56.6 Å². The molecular formula is C27H32Cl2F3N3O4S2. The van der Waals surface area contributed by atoms with E-state index in [-0.39, 0.29) is 26.8 Å². The molecule has 1 amide bonds. The molecule has 0 saturated carbocycles. The van der Waals surface area contributed by atoms with Gasteiger partial charge in [-0.25, -0.2) is 26.3 Å². The summed E-state index contributed by atoms with van der Waals surface area (Å²) in [5, 5.41) is 3.34. The zero-order valence-corrected chi connectivity index (χ0v) is 25.5. The molecule has 2 fully saturated rings. The van der Waals surface area contributed by atoms with E-state index in [2.05, 4.69) is 10.0 Å². The fraction of sp³-hybridized carbons (Fsp3) is 0.519. The van der Waals surface area contributed by atoms with E-state index in [4.69, 9.17) is 27.9 Å². The first kappa shape index (κ1) is 32.2. The number of nitrogens with one attached hydrogen (secondary N) is 2. The Labute approximate surface area is 252 Å². The standard InChI is InChI=1S/C27H32Cl2F3N3O4S2/c1-27(9-2-3-11-39-27)26(36)34-41(37,38)21-12-22(28)24(23(29)13-21)33-19(8-10-35-14-17(15-35)25(31)32)16-40-20-6-4-18(30)5-7-20/h4-7,12-13,17,19,25,33H,2-3,8-11,14-16H2,1H3,(H,34,36)/t19-,27-/m1/s1. The van der Waals surface area contributed by atoms with E-state index in [1.54, 1.807) is 19.1 Å². The molecule has 0 radical (unpaired) electrons. The normalized spacial score (nSPS) is 21.0. The van der Waals surface area contributed by atoms with Crippen molar-refractivity contribution in [2.75, 3.05) is 37.3 Å². The number of ether oxygens (including phenoxy) is 1. The van der Waals surface area contributed by atoms with Gasteiger partial charge >= 0.3 is 0 Å². The van der Waals surface area contributed by atoms with E-state index in [0.717, 1.165) is 17.7 Å². The smallest absolute Gasteiger partial charge is 0.265 e. The molecule has 0 aliphatic carbocycles. The number of benzene rings is 2. The van der Waals surface area contributed by atoms with Gasteiger partial charge in [0, 0.05) is 48.8 Å². The Morgan fingerprint density at radius 2 is 1.83 bits per heavy atom. The summed E-state index contributed by atoms with van der Waals surface area (Å²) in [4.78, 5) is 15.2. The van der Waals surface area contributed by atoms with Crippen LogP contribution in [0.2, 0.25) is 10.0 Å². The van der Waals surface area contributed by atoms with Gasteiger partial charge in [0.1, 0.15) is 11.4 Å². The number of likely N-dealkylation sites (tertiary alicyclic amines) is 1. The Morgan fingerprint density at radius 1 is 1.17 bits per heavy atom. The largest absolute Gasteiger partial charge is 0.379 e. The first-order chi connectivity index (χ1) is 19.4. The number of halogens is 5. The fourth-order valence-corrected chi connectivity index (χ4v) is 7.49. The lowest BCUT2D eigenvalue weighted by Gasteiger charge is -2.39. The van der Waals surface area contributed by atoms with Crippen molar-refractivity contribution in [1.82, 2.24) is 9.62 Å². The molecule has 4 rings (SSSR count). The lowest BCUT2D eigenvalue weighted by Crippen LogP contribution is -2.50. The van der Waals surface area contributed by atoms with Gasteiger partial charge in [-0.1, -0.05) is 23.2 Å². The van der Waals surface area contributed by atoms with Crippen molar-refractivity contribution in [3.8, 4) is 0 Å². The van der Waals surface area contributed by atoms with E-state index in [1.807, 2.05) is 4.90 Å². The Hall–Kier alpha value is -1.70. The molecule has 2 saturated heterocycles. The second-order valence-electron chi connectivity index (χ2n) is 10.5. The SMILES string of the molecule is C[C@]1(C(=O)NS(=O)(=O)c2cc(Cl)c(N[C@H](CCN3CC(C(F)F)C3)CSc3ccc(F)cc3)c(Cl)c2)CCCCO1. The number of alkyl halides is 2. The maximum Gasteiger partial charge on any atom is 0.265 e. The highest BCUT2D eigenvalue weighted by Crippen LogP contribution is 2.35. The molecule has 0 unspecified atom stereocenters. The lowest BCUT2D eigenvalue weighted by atomic mass is 9.95. The third-order valence-corrected chi connectivity index (χ3v) is 10.3. The number of carbonyl (C=O) groups is 1. The van der Waals surface area contributed by atoms with Crippen molar-refractivity contribution < 1.29 is 31.1 Å². The van der Waals surface area contributed by atoms with E-state index in [9.17, 15) is 26.4 Å². The number of anilines is 1. The summed E-state index contributed by atoms with van der Waals surface area (Å²) in [6.45, 7) is 3.12. The summed E-state index contributed by atoms with van der Waals surface area (Å²) in [5.74, 6) is -1.22. The highest BCUT2D eigenvalue weighted by molar-refractivity contribution is 7.99. The molecule has 2 aliphatic heterocycles. The molecule has 41 heavy (non-hydrogen) atoms. The van der Waals surface area contributed by atoms with E-state index >= 15 is 0 Å². The van der Waals surface area contributed by atoms with Crippen LogP contribution in [0.5, 0.6) is 0 Å². The van der Waals surface area contributed by atoms with Gasteiger partial charge in [0.05, 0.1) is 20.6 Å². The van der Waals surface area contributed by atoms with E-state index < -0.39 is 33.9 Å². The van der Waals surface area contributed by atoms with Crippen molar-refractivity contribution in [3.63, 3.8) is 0 Å². The molecule has 226 valence electrons. The van der Waals surface area contributed by atoms with Gasteiger partial charge < -0.3 is 15.0 Å². The molecule has 2 aromatic rings. The summed E-state index contributed by atoms with van der Waals surface area (Å²) in [5.41, 5.74) is -0.943. The number of sulfonamides is 1. The van der Waals surface area contributed by atoms with Crippen LogP contribution in [0, 0.1) is 11.7 Å². The second-order valence-corrected chi connectivity index (χ2v) is 14.1. The number of nitrogens with zero attached hydrogens (tertiary/aromatic N) is 1. The minimum Gasteiger partial charge on any atom is -0.379 e. The first-order valence-corrected chi connectivity index (χ1v) is 16.4. The van der Waals surface area contributed by atoms with Crippen LogP contribution in [-0.4, -0.2) is 69.3 Å². The van der Waals surface area contributed by atoms with Gasteiger partial charge in [0.2, 0.25) is 6.43 Å². The highest BCUT2D eigenvalue weighted by Gasteiger charge is 2.38. The average Bonchev–Trinajstić information content (AvgIpc) is 2.88. The van der Waals surface area contributed by atoms with Gasteiger partial charge in [0.25, 0.3) is 15.9 Å². The zero-order chi connectivity index (χ0) is 29.8. The number of hydrogen-bond donors (Lipinski definition) is 2. The summed E-state index contributed by atoms with van der Waals surface area (Å²) in [7, 11) is -4.30. The lowest BCUT2D eigenvalue weighted by molar-refractivity contribution is -0.148. The minimum atomic E-state index is -4.30. The van der Waals surface area contributed by atoms with Gasteiger partial charge in [-0.15, -0.1) is 11.8 Å². The predicted molar refractivity (Wildman–Crippen MR) is 155 cm³/mol. The average molecular weight is 655 g/mol. The van der Waals surface area contributed by atoms with Crippen molar-refractivity contribution in [1.29, 1.82) is 0 Å². The molecule has 2 heterocycles. The molecule has 0 bridgehead atoms. The second kappa shape index (κ2) is 13.7. The molecule has 7 nitrogen and oxygen atoms in total. The van der Waals surface area contributed by atoms with Crippen LogP contribution >= 0.6 is 35.0 Å². The minimum absolute atomic E-state index is 0.0314. The Morgan fingerprint density at radius 3 is 2.41 bits per heavy atom. The zero-order valence-electron chi connectivity index (χ0n) is 22.3. The number of thioether (sulfide) groups is 1. The van der Waals surface area contributed by atoms with Gasteiger partial charge in [0.15, 0.2) is 0 Å². The van der Waals surface area contributed by atoms with Crippen LogP contribution in [-0.2, 0) is 19.6 Å². The van der Waals surface area contributed by atoms with E-state index in [0.29, 0.717) is 50.5 Å². The van der Waals surface area contributed by atoms with Gasteiger partial charge in [-0.3, -0.25) is 4.79 Å². The number of rotatable bonds is 12. The Bertz CT molecular complexity index is 1300. The van der Waals surface area contributed by atoms with E-state index in [1.165, 1.54) is 36.0 Å². The summed E-state index contributed by atoms with van der Waals surface area (Å²) < 4.78 is 72.8. The van der Waals surface area contributed by atoms with Crippen LogP contribution in [0.15, 0.2) is 46.2 Å².